The molecule has 1 unspecified atom stereocenters. The first-order valence-corrected chi connectivity index (χ1v) is 7.41. The molecule has 0 N–H and O–H groups in total. The topological polar surface area (TPSA) is 32.8 Å². The van der Waals surface area contributed by atoms with Crippen molar-refractivity contribution in [2.24, 2.45) is 5.92 Å². The first-order chi connectivity index (χ1) is 9.83. The largest absolute Gasteiger partial charge is 0.468 e. The minimum absolute atomic E-state index is 0.448. The van der Waals surface area contributed by atoms with E-state index in [4.69, 9.17) is 4.74 Å². The molecule has 1 aromatic carbocycles. The quantitative estimate of drug-likeness (QED) is 0.713. The summed E-state index contributed by atoms with van der Waals surface area (Å²) in [4.78, 5) is 15.2. The first kappa shape index (κ1) is 14.9. The van der Waals surface area contributed by atoms with Crippen molar-refractivity contribution < 1.29 is 9.53 Å². The van der Waals surface area contributed by atoms with Gasteiger partial charge in [-0.1, -0.05) is 25.1 Å². The molecule has 0 aliphatic carbocycles. The molecule has 1 aromatic rings. The average molecular weight is 276 g/mol. The van der Waals surface area contributed by atoms with Crippen LogP contribution in [0.3, 0.4) is 0 Å². The number of anilines is 1. The number of nitrogens with zero attached hydrogens (tertiary/aromatic N) is 2. The molecule has 0 saturated carbocycles. The number of piperazine rings is 1. The van der Waals surface area contributed by atoms with Crippen LogP contribution in [-0.2, 0) is 9.53 Å². The van der Waals surface area contributed by atoms with Gasteiger partial charge in [0.25, 0.3) is 6.47 Å². The number of ether oxygens (including phenoxy) is 1. The van der Waals surface area contributed by atoms with Crippen LogP contribution in [0.2, 0.25) is 0 Å². The average Bonchev–Trinajstić information content (AvgIpc) is 2.53. The van der Waals surface area contributed by atoms with Gasteiger partial charge < -0.3 is 9.64 Å². The van der Waals surface area contributed by atoms with Crippen molar-refractivity contribution in [1.82, 2.24) is 4.90 Å². The molecule has 0 spiro atoms. The van der Waals surface area contributed by atoms with E-state index in [1.165, 1.54) is 5.69 Å². The minimum atomic E-state index is 0.448. The molecule has 2 rings (SSSR count). The molecule has 0 amide bonds. The SMILES string of the molecule is CCC(COC=O)CN1CCN(c2ccccc2)CC1. The lowest BCUT2D eigenvalue weighted by atomic mass is 10.1. The summed E-state index contributed by atoms with van der Waals surface area (Å²) in [5.74, 6) is 0.448. The summed E-state index contributed by atoms with van der Waals surface area (Å²) >= 11 is 0. The predicted octanol–water partition coefficient (Wildman–Crippen LogP) is 2.01. The number of hydrogen-bond acceptors (Lipinski definition) is 4. The molecular formula is C16H24N2O2. The summed E-state index contributed by atoms with van der Waals surface area (Å²) in [7, 11) is 0. The lowest BCUT2D eigenvalue weighted by Gasteiger charge is -2.37. The van der Waals surface area contributed by atoms with Crippen molar-refractivity contribution in [2.75, 3.05) is 44.2 Å². The monoisotopic (exact) mass is 276 g/mol. The van der Waals surface area contributed by atoms with Gasteiger partial charge in [-0.15, -0.1) is 0 Å². The molecule has 1 aliphatic heterocycles. The van der Waals surface area contributed by atoms with Gasteiger partial charge in [-0.2, -0.15) is 0 Å². The Hall–Kier alpha value is -1.55. The van der Waals surface area contributed by atoms with Gasteiger partial charge in [0.15, 0.2) is 0 Å². The van der Waals surface area contributed by atoms with E-state index in [2.05, 4.69) is 47.1 Å². The molecule has 4 nitrogen and oxygen atoms in total. The van der Waals surface area contributed by atoms with Crippen LogP contribution in [0.25, 0.3) is 0 Å². The third-order valence-corrected chi connectivity index (χ3v) is 3.99. The number of para-hydroxylation sites is 1. The van der Waals surface area contributed by atoms with Gasteiger partial charge in [-0.05, 0) is 18.6 Å². The molecule has 1 aliphatic rings. The van der Waals surface area contributed by atoms with Gasteiger partial charge in [0.1, 0.15) is 0 Å². The van der Waals surface area contributed by atoms with E-state index in [0.29, 0.717) is 19.0 Å². The van der Waals surface area contributed by atoms with Crippen LogP contribution in [0.1, 0.15) is 13.3 Å². The molecule has 0 radical (unpaired) electrons. The maximum atomic E-state index is 10.3. The van der Waals surface area contributed by atoms with E-state index in [1.54, 1.807) is 0 Å². The van der Waals surface area contributed by atoms with E-state index in [0.717, 1.165) is 39.1 Å². The van der Waals surface area contributed by atoms with Gasteiger partial charge in [-0.3, -0.25) is 9.69 Å². The zero-order chi connectivity index (χ0) is 14.2. The zero-order valence-electron chi connectivity index (χ0n) is 12.2. The summed E-state index contributed by atoms with van der Waals surface area (Å²) in [5.41, 5.74) is 1.31. The summed E-state index contributed by atoms with van der Waals surface area (Å²) in [5, 5.41) is 0. The van der Waals surface area contributed by atoms with Crippen molar-refractivity contribution in [1.29, 1.82) is 0 Å². The van der Waals surface area contributed by atoms with Gasteiger partial charge in [0.05, 0.1) is 6.61 Å². The molecule has 20 heavy (non-hydrogen) atoms. The Morgan fingerprint density at radius 3 is 2.50 bits per heavy atom. The lowest BCUT2D eigenvalue weighted by molar-refractivity contribution is -0.130. The van der Waals surface area contributed by atoms with E-state index in [9.17, 15) is 4.79 Å². The third-order valence-electron chi connectivity index (χ3n) is 3.99. The fourth-order valence-corrected chi connectivity index (χ4v) is 2.67. The van der Waals surface area contributed by atoms with Gasteiger partial charge in [0, 0.05) is 44.3 Å². The van der Waals surface area contributed by atoms with Gasteiger partial charge >= 0.3 is 0 Å². The van der Waals surface area contributed by atoms with Crippen molar-refractivity contribution in [3.8, 4) is 0 Å². The standard InChI is InChI=1S/C16H24N2O2/c1-2-15(13-20-14-19)12-17-8-10-18(11-9-17)16-6-4-3-5-7-16/h3-7,14-15H,2,8-13H2,1H3. The lowest BCUT2D eigenvalue weighted by Crippen LogP contribution is -2.48. The highest BCUT2D eigenvalue weighted by Crippen LogP contribution is 2.16. The van der Waals surface area contributed by atoms with Crippen molar-refractivity contribution >= 4 is 12.2 Å². The number of carbonyl (C=O) groups is 1. The molecule has 0 bridgehead atoms. The molecule has 4 heteroatoms. The molecule has 0 aromatic heterocycles. The summed E-state index contributed by atoms with van der Waals surface area (Å²) < 4.78 is 4.90. The van der Waals surface area contributed by atoms with Crippen molar-refractivity contribution in [2.45, 2.75) is 13.3 Å². The van der Waals surface area contributed by atoms with Crippen LogP contribution < -0.4 is 4.90 Å². The molecule has 1 fully saturated rings. The molecule has 1 atom stereocenters. The molecule has 110 valence electrons. The number of carbonyl (C=O) groups excluding carboxylic acids is 1. The summed E-state index contributed by atoms with van der Waals surface area (Å²) in [6, 6.07) is 10.6. The van der Waals surface area contributed by atoms with Gasteiger partial charge in [-0.25, -0.2) is 0 Å². The maximum absolute atomic E-state index is 10.3. The van der Waals surface area contributed by atoms with E-state index in [1.807, 2.05) is 0 Å². The predicted molar refractivity (Wildman–Crippen MR) is 80.9 cm³/mol. The van der Waals surface area contributed by atoms with Crippen LogP contribution in [0.15, 0.2) is 30.3 Å². The van der Waals surface area contributed by atoms with E-state index >= 15 is 0 Å². The second kappa shape index (κ2) is 7.90. The maximum Gasteiger partial charge on any atom is 0.293 e. The van der Waals surface area contributed by atoms with Crippen molar-refractivity contribution in [3.63, 3.8) is 0 Å². The van der Waals surface area contributed by atoms with Crippen LogP contribution >= 0.6 is 0 Å². The highest BCUT2D eigenvalue weighted by molar-refractivity contribution is 5.46. The summed E-state index contributed by atoms with van der Waals surface area (Å²) in [6.45, 7) is 8.55. The van der Waals surface area contributed by atoms with E-state index in [-0.39, 0.29) is 0 Å². The number of hydrogen-bond donors (Lipinski definition) is 0. The third kappa shape index (κ3) is 4.23. The number of rotatable bonds is 7. The van der Waals surface area contributed by atoms with E-state index < -0.39 is 0 Å². The second-order valence-electron chi connectivity index (χ2n) is 5.33. The van der Waals surface area contributed by atoms with Crippen LogP contribution in [0, 0.1) is 5.92 Å². The Labute approximate surface area is 121 Å². The smallest absolute Gasteiger partial charge is 0.293 e. The van der Waals surface area contributed by atoms with Crippen LogP contribution in [0.4, 0.5) is 5.69 Å². The minimum Gasteiger partial charge on any atom is -0.468 e. The Kier molecular flexibility index (Phi) is 5.87. The fraction of sp³-hybridized carbons (Fsp3) is 0.562. The normalized spacial score (nSPS) is 17.8. The Bertz CT molecular complexity index is 389. The van der Waals surface area contributed by atoms with Crippen LogP contribution in [0.5, 0.6) is 0 Å². The first-order valence-electron chi connectivity index (χ1n) is 7.41. The highest BCUT2D eigenvalue weighted by Gasteiger charge is 2.19. The Morgan fingerprint density at radius 2 is 1.90 bits per heavy atom. The Balaban J connectivity index is 1.77. The number of benzene rings is 1. The Morgan fingerprint density at radius 1 is 1.20 bits per heavy atom. The fourth-order valence-electron chi connectivity index (χ4n) is 2.67. The summed E-state index contributed by atoms with van der Waals surface area (Å²) in [6.07, 6.45) is 1.05. The molecular weight excluding hydrogens is 252 g/mol. The van der Waals surface area contributed by atoms with Crippen LogP contribution in [-0.4, -0.2) is 50.7 Å². The second-order valence-corrected chi connectivity index (χ2v) is 5.33. The highest BCUT2D eigenvalue weighted by atomic mass is 16.5. The van der Waals surface area contributed by atoms with Crippen molar-refractivity contribution in [3.05, 3.63) is 30.3 Å². The van der Waals surface area contributed by atoms with Gasteiger partial charge in [0.2, 0.25) is 0 Å². The zero-order valence-corrected chi connectivity index (χ0v) is 12.2. The molecule has 1 saturated heterocycles. The molecule has 1 heterocycles.